The van der Waals surface area contributed by atoms with Gasteiger partial charge >= 0.3 is 0 Å². The van der Waals surface area contributed by atoms with Crippen LogP contribution in [-0.2, 0) is 4.57 Å². The summed E-state index contributed by atoms with van der Waals surface area (Å²) in [7, 11) is 1.93. The lowest BCUT2D eigenvalue weighted by Crippen LogP contribution is -2.28. The van der Waals surface area contributed by atoms with Gasteiger partial charge in [-0.05, 0) is 20.9 Å². The van der Waals surface area contributed by atoms with Gasteiger partial charge < -0.3 is 5.32 Å². The first kappa shape index (κ1) is 7.06. The molecule has 0 atom stereocenters. The second-order valence-corrected chi connectivity index (χ2v) is 3.20. The first-order valence-corrected chi connectivity index (χ1v) is 2.97. The summed E-state index contributed by atoms with van der Waals surface area (Å²) in [6.07, 6.45) is 0. The lowest BCUT2D eigenvalue weighted by molar-refractivity contribution is 0.538. The molecule has 0 rings (SSSR count). The highest BCUT2D eigenvalue weighted by Gasteiger charge is 2.12. The van der Waals surface area contributed by atoms with Crippen molar-refractivity contribution in [2.75, 3.05) is 7.05 Å². The minimum Gasteiger partial charge on any atom is -0.305 e. The maximum absolute atomic E-state index is 10.1. The number of hydrogen-bond donors (Lipinski definition) is 1. The van der Waals surface area contributed by atoms with Crippen molar-refractivity contribution < 1.29 is 4.57 Å². The second-order valence-electron chi connectivity index (χ2n) is 1.90. The summed E-state index contributed by atoms with van der Waals surface area (Å²) in [6, 6.07) is 0. The van der Waals surface area contributed by atoms with E-state index >= 15 is 0 Å². The molecule has 0 aromatic rings. The molecule has 0 unspecified atom stereocenters. The maximum atomic E-state index is 10.1. The fourth-order valence-corrected chi connectivity index (χ4v) is 0.137. The first-order valence-electron chi connectivity index (χ1n) is 2.16. The van der Waals surface area contributed by atoms with E-state index in [2.05, 4.69) is 5.32 Å². The highest BCUT2D eigenvalue weighted by atomic mass is 31.1. The molecule has 0 amide bonds. The predicted molar refractivity (Wildman–Crippen MR) is 30.7 cm³/mol. The standard InChI is InChI=1S/C4H10NOP/c1-4(2,5-3)7-6/h5H,1-3H3. The molecule has 0 saturated carbocycles. The van der Waals surface area contributed by atoms with Crippen molar-refractivity contribution in [2.24, 2.45) is 0 Å². The summed E-state index contributed by atoms with van der Waals surface area (Å²) in [4.78, 5) is 0. The Balaban J connectivity index is 3.58. The predicted octanol–water partition coefficient (Wildman–Crippen LogP) is 1.23. The van der Waals surface area contributed by atoms with Gasteiger partial charge in [0.2, 0.25) is 0 Å². The molecule has 0 aliphatic carbocycles. The van der Waals surface area contributed by atoms with E-state index in [-0.39, 0.29) is 13.7 Å². The van der Waals surface area contributed by atoms with Crippen molar-refractivity contribution >= 4 is 8.46 Å². The topological polar surface area (TPSA) is 29.1 Å². The van der Waals surface area contributed by atoms with E-state index in [1.807, 2.05) is 13.8 Å². The van der Waals surface area contributed by atoms with Crippen LogP contribution in [-0.4, -0.2) is 12.3 Å². The van der Waals surface area contributed by atoms with Crippen LogP contribution in [0.5, 0.6) is 0 Å². The molecule has 3 heteroatoms. The third-order valence-corrected chi connectivity index (χ3v) is 1.52. The van der Waals surface area contributed by atoms with Crippen LogP contribution in [0, 0.1) is 0 Å². The largest absolute Gasteiger partial charge is 0.305 e. The number of rotatable bonds is 2. The third-order valence-electron chi connectivity index (χ3n) is 0.840. The third kappa shape index (κ3) is 2.72. The normalized spacial score (nSPS) is 12.4. The van der Waals surface area contributed by atoms with Crippen LogP contribution in [0.25, 0.3) is 0 Å². The fraction of sp³-hybridized carbons (Fsp3) is 1.00. The van der Waals surface area contributed by atoms with Crippen LogP contribution in [0.1, 0.15) is 13.8 Å². The van der Waals surface area contributed by atoms with Gasteiger partial charge in [-0.1, -0.05) is 0 Å². The second kappa shape index (κ2) is 2.39. The molecule has 7 heavy (non-hydrogen) atoms. The van der Waals surface area contributed by atoms with Gasteiger partial charge in [-0.2, -0.15) is 0 Å². The summed E-state index contributed by atoms with van der Waals surface area (Å²) in [5, 5.41) is 2.62. The highest BCUT2D eigenvalue weighted by molar-refractivity contribution is 7.25. The molecular formula is C4H10NOP. The summed E-state index contributed by atoms with van der Waals surface area (Å²) < 4.78 is 10.1. The zero-order valence-electron chi connectivity index (χ0n) is 4.86. The van der Waals surface area contributed by atoms with Crippen LogP contribution in [0.2, 0.25) is 0 Å². The zero-order valence-corrected chi connectivity index (χ0v) is 5.75. The fourth-order valence-electron chi connectivity index (χ4n) is 0.0456. The van der Waals surface area contributed by atoms with Crippen molar-refractivity contribution in [1.29, 1.82) is 0 Å². The average molecular weight is 119 g/mol. The molecule has 0 aromatic heterocycles. The van der Waals surface area contributed by atoms with Gasteiger partial charge in [-0.25, -0.2) is 0 Å². The first-order chi connectivity index (χ1) is 3.12. The molecule has 0 spiro atoms. The number of nitrogens with one attached hydrogen (secondary N) is 1. The van der Waals surface area contributed by atoms with Crippen LogP contribution in [0.3, 0.4) is 0 Å². The van der Waals surface area contributed by atoms with Gasteiger partial charge in [-0.15, -0.1) is 0 Å². The molecule has 0 aromatic carbocycles. The van der Waals surface area contributed by atoms with E-state index in [1.54, 1.807) is 7.05 Å². The average Bonchev–Trinajstić information content (AvgIpc) is 1.68. The lowest BCUT2D eigenvalue weighted by Gasteiger charge is -2.11. The van der Waals surface area contributed by atoms with Crippen molar-refractivity contribution in [3.63, 3.8) is 0 Å². The molecule has 0 aliphatic rings. The Morgan fingerprint density at radius 2 is 2.00 bits per heavy atom. The summed E-state index contributed by atoms with van der Waals surface area (Å²) in [5.41, 5.74) is 0. The lowest BCUT2D eigenvalue weighted by atomic mass is 10.4. The van der Waals surface area contributed by atoms with Crippen LogP contribution in [0.15, 0.2) is 0 Å². The minimum absolute atomic E-state index is 0.145. The Morgan fingerprint density at radius 3 is 2.00 bits per heavy atom. The van der Waals surface area contributed by atoms with Crippen LogP contribution in [0.4, 0.5) is 0 Å². The smallest absolute Gasteiger partial charge is 0.177 e. The molecule has 42 valence electrons. The van der Waals surface area contributed by atoms with Gasteiger partial charge in [0.25, 0.3) is 0 Å². The molecule has 0 aliphatic heterocycles. The van der Waals surface area contributed by atoms with Crippen molar-refractivity contribution in [2.45, 2.75) is 19.1 Å². The summed E-state index contributed by atoms with van der Waals surface area (Å²) in [6.45, 7) is 3.73. The van der Waals surface area contributed by atoms with Gasteiger partial charge in [0.1, 0.15) is 0 Å². The molecule has 0 fully saturated rings. The molecule has 0 saturated heterocycles. The van der Waals surface area contributed by atoms with E-state index in [9.17, 15) is 4.57 Å². The van der Waals surface area contributed by atoms with Gasteiger partial charge in [0, 0.05) is 0 Å². The molecule has 0 bridgehead atoms. The van der Waals surface area contributed by atoms with E-state index in [1.165, 1.54) is 0 Å². The van der Waals surface area contributed by atoms with Gasteiger partial charge in [0.15, 0.2) is 8.46 Å². The number of hydrogen-bond acceptors (Lipinski definition) is 2. The Bertz CT molecular complexity index is 72.1. The van der Waals surface area contributed by atoms with Crippen molar-refractivity contribution in [3.8, 4) is 0 Å². The van der Waals surface area contributed by atoms with E-state index in [0.717, 1.165) is 0 Å². The summed E-state index contributed by atoms with van der Waals surface area (Å²) in [5.74, 6) is 0. The zero-order chi connectivity index (χ0) is 5.91. The molecular weight excluding hydrogens is 109 g/mol. The van der Waals surface area contributed by atoms with Gasteiger partial charge in [-0.3, -0.25) is 4.57 Å². The SMILES string of the molecule is CNC(C)(C)P=O. The highest BCUT2D eigenvalue weighted by Crippen LogP contribution is 2.15. The Hall–Kier alpha value is 0.0600. The monoisotopic (exact) mass is 119 g/mol. The van der Waals surface area contributed by atoms with Crippen LogP contribution < -0.4 is 5.32 Å². The van der Waals surface area contributed by atoms with Gasteiger partial charge in [0.05, 0.1) is 5.28 Å². The quantitative estimate of drug-likeness (QED) is 0.554. The Labute approximate surface area is 45.5 Å². The maximum Gasteiger partial charge on any atom is 0.177 e. The van der Waals surface area contributed by atoms with E-state index in [4.69, 9.17) is 0 Å². The Morgan fingerprint density at radius 1 is 1.57 bits per heavy atom. The molecule has 1 N–H and O–H groups in total. The summed E-state index contributed by atoms with van der Waals surface area (Å²) >= 11 is 0. The molecule has 0 radical (unpaired) electrons. The van der Waals surface area contributed by atoms with Crippen LogP contribution >= 0.6 is 8.46 Å². The van der Waals surface area contributed by atoms with E-state index < -0.39 is 0 Å². The molecule has 2 nitrogen and oxygen atoms in total. The Kier molecular flexibility index (Phi) is 2.41. The molecule has 0 heterocycles. The van der Waals surface area contributed by atoms with E-state index in [0.29, 0.717) is 0 Å². The van der Waals surface area contributed by atoms with Crippen molar-refractivity contribution in [1.82, 2.24) is 5.32 Å². The minimum atomic E-state index is -0.250. The van der Waals surface area contributed by atoms with Crippen molar-refractivity contribution in [3.05, 3.63) is 0 Å².